The maximum Gasteiger partial charge on any atom is 0.191 e. The molecular formula is C13H24N4. The number of rotatable bonds is 4. The number of aromatic nitrogens is 1. The first-order valence-electron chi connectivity index (χ1n) is 6.12. The molecule has 0 aliphatic rings. The molecule has 0 saturated heterocycles. The number of hydrogen-bond donors (Lipinski definition) is 2. The van der Waals surface area contributed by atoms with Crippen LogP contribution < -0.4 is 10.6 Å². The fourth-order valence-electron chi connectivity index (χ4n) is 1.43. The van der Waals surface area contributed by atoms with Gasteiger partial charge < -0.3 is 15.2 Å². The van der Waals surface area contributed by atoms with Crippen molar-refractivity contribution in [3.8, 4) is 0 Å². The highest BCUT2D eigenvalue weighted by Gasteiger charge is 2.08. The van der Waals surface area contributed by atoms with Gasteiger partial charge in [-0.05, 0) is 25.0 Å². The van der Waals surface area contributed by atoms with Gasteiger partial charge in [0.05, 0.1) is 6.54 Å². The smallest absolute Gasteiger partial charge is 0.191 e. The first kappa shape index (κ1) is 13.6. The normalized spacial score (nSPS) is 13.9. The Morgan fingerprint density at radius 3 is 2.59 bits per heavy atom. The zero-order chi connectivity index (χ0) is 12.8. The van der Waals surface area contributed by atoms with E-state index in [1.165, 1.54) is 5.69 Å². The van der Waals surface area contributed by atoms with E-state index in [1.54, 1.807) is 7.05 Å². The van der Waals surface area contributed by atoms with Crippen LogP contribution in [0.1, 0.15) is 26.5 Å². The zero-order valence-electron chi connectivity index (χ0n) is 11.5. The Balaban J connectivity index is 2.46. The van der Waals surface area contributed by atoms with Crippen molar-refractivity contribution in [2.45, 2.75) is 33.4 Å². The summed E-state index contributed by atoms with van der Waals surface area (Å²) >= 11 is 0. The van der Waals surface area contributed by atoms with E-state index in [-0.39, 0.29) is 0 Å². The maximum absolute atomic E-state index is 4.22. The Bertz CT molecular complexity index is 365. The summed E-state index contributed by atoms with van der Waals surface area (Å²) in [4.78, 5) is 4.22. The van der Waals surface area contributed by atoms with Gasteiger partial charge in [-0.25, -0.2) is 0 Å². The first-order valence-corrected chi connectivity index (χ1v) is 6.12. The molecule has 4 nitrogen and oxygen atoms in total. The molecule has 0 aliphatic heterocycles. The van der Waals surface area contributed by atoms with Crippen molar-refractivity contribution in [3.63, 3.8) is 0 Å². The summed E-state index contributed by atoms with van der Waals surface area (Å²) in [5.74, 6) is 1.44. The zero-order valence-corrected chi connectivity index (χ0v) is 11.5. The number of nitrogens with zero attached hydrogens (tertiary/aromatic N) is 2. The Morgan fingerprint density at radius 1 is 1.41 bits per heavy atom. The third-order valence-electron chi connectivity index (χ3n) is 3.08. The standard InChI is InChI=1S/C13H24N4/c1-10(2)11(3)16-13(14-4)15-9-12-7-6-8-17(12)5/h6-8,10-11H,9H2,1-5H3,(H2,14,15,16). The van der Waals surface area contributed by atoms with Crippen LogP contribution in [0, 0.1) is 5.92 Å². The highest BCUT2D eigenvalue weighted by atomic mass is 15.2. The molecule has 4 heteroatoms. The molecule has 1 unspecified atom stereocenters. The van der Waals surface area contributed by atoms with Crippen molar-refractivity contribution < 1.29 is 0 Å². The maximum atomic E-state index is 4.22. The minimum absolute atomic E-state index is 0.412. The number of nitrogens with one attached hydrogen (secondary N) is 2. The SMILES string of the molecule is CN=C(NCc1cccn1C)NC(C)C(C)C. The van der Waals surface area contributed by atoms with Gasteiger partial charge in [-0.2, -0.15) is 0 Å². The van der Waals surface area contributed by atoms with Crippen LogP contribution in [0.25, 0.3) is 0 Å². The second kappa shape index (κ2) is 6.33. The van der Waals surface area contributed by atoms with Crippen molar-refractivity contribution in [1.29, 1.82) is 0 Å². The topological polar surface area (TPSA) is 41.4 Å². The lowest BCUT2D eigenvalue weighted by Crippen LogP contribution is -2.44. The van der Waals surface area contributed by atoms with Crippen LogP contribution in [0.3, 0.4) is 0 Å². The molecule has 0 bridgehead atoms. The van der Waals surface area contributed by atoms with Crippen LogP contribution in [0.4, 0.5) is 0 Å². The summed E-state index contributed by atoms with van der Waals surface area (Å²) in [6.45, 7) is 7.35. The van der Waals surface area contributed by atoms with Gasteiger partial charge in [0.25, 0.3) is 0 Å². The molecule has 2 N–H and O–H groups in total. The number of hydrogen-bond acceptors (Lipinski definition) is 1. The summed E-state index contributed by atoms with van der Waals surface area (Å²) in [6, 6.07) is 4.56. The summed E-state index contributed by atoms with van der Waals surface area (Å²) in [7, 11) is 3.84. The van der Waals surface area contributed by atoms with Gasteiger partial charge in [-0.3, -0.25) is 4.99 Å². The predicted octanol–water partition coefficient (Wildman–Crippen LogP) is 1.73. The number of aliphatic imine (C=N–C) groups is 1. The quantitative estimate of drug-likeness (QED) is 0.617. The molecule has 1 heterocycles. The summed E-state index contributed by atoms with van der Waals surface area (Å²) in [6.07, 6.45) is 2.05. The minimum Gasteiger partial charge on any atom is -0.354 e. The third-order valence-corrected chi connectivity index (χ3v) is 3.08. The summed E-state index contributed by atoms with van der Waals surface area (Å²) in [5, 5.41) is 6.69. The largest absolute Gasteiger partial charge is 0.354 e. The van der Waals surface area contributed by atoms with Gasteiger partial charge in [0.2, 0.25) is 0 Å². The molecule has 1 rings (SSSR count). The van der Waals surface area contributed by atoms with E-state index in [2.05, 4.69) is 47.0 Å². The van der Waals surface area contributed by atoms with E-state index in [1.807, 2.05) is 19.3 Å². The Kier molecular flexibility index (Phi) is 5.07. The molecule has 0 amide bonds. The van der Waals surface area contributed by atoms with Gasteiger partial charge in [0.15, 0.2) is 5.96 Å². The lowest BCUT2D eigenvalue weighted by molar-refractivity contribution is 0.480. The summed E-state index contributed by atoms with van der Waals surface area (Å²) < 4.78 is 2.10. The van der Waals surface area contributed by atoms with E-state index in [9.17, 15) is 0 Å². The average molecular weight is 236 g/mol. The van der Waals surface area contributed by atoms with Crippen molar-refractivity contribution in [3.05, 3.63) is 24.0 Å². The molecule has 0 spiro atoms. The average Bonchev–Trinajstić information content (AvgIpc) is 2.69. The van der Waals surface area contributed by atoms with Gasteiger partial charge in [-0.1, -0.05) is 13.8 Å². The molecule has 1 aromatic rings. The van der Waals surface area contributed by atoms with Crippen LogP contribution >= 0.6 is 0 Å². The molecule has 0 fully saturated rings. The second-order valence-corrected chi connectivity index (χ2v) is 4.71. The van der Waals surface area contributed by atoms with Crippen molar-refractivity contribution in [2.75, 3.05) is 7.05 Å². The molecule has 17 heavy (non-hydrogen) atoms. The fourth-order valence-corrected chi connectivity index (χ4v) is 1.43. The first-order chi connectivity index (χ1) is 8.04. The van der Waals surface area contributed by atoms with Gasteiger partial charge in [0.1, 0.15) is 0 Å². The van der Waals surface area contributed by atoms with Gasteiger partial charge >= 0.3 is 0 Å². The molecule has 1 atom stereocenters. The Morgan fingerprint density at radius 2 is 2.12 bits per heavy atom. The van der Waals surface area contributed by atoms with Crippen molar-refractivity contribution in [2.24, 2.45) is 18.0 Å². The predicted molar refractivity (Wildman–Crippen MR) is 73.0 cm³/mol. The van der Waals surface area contributed by atoms with Gasteiger partial charge in [-0.15, -0.1) is 0 Å². The van der Waals surface area contributed by atoms with Crippen LogP contribution in [-0.4, -0.2) is 23.6 Å². The molecule has 0 saturated carbocycles. The number of guanidine groups is 1. The second-order valence-electron chi connectivity index (χ2n) is 4.71. The van der Waals surface area contributed by atoms with E-state index < -0.39 is 0 Å². The summed E-state index contributed by atoms with van der Waals surface area (Å²) in [5.41, 5.74) is 1.24. The highest BCUT2D eigenvalue weighted by molar-refractivity contribution is 5.79. The third kappa shape index (κ3) is 4.13. The van der Waals surface area contributed by atoms with Crippen molar-refractivity contribution >= 4 is 5.96 Å². The molecule has 96 valence electrons. The van der Waals surface area contributed by atoms with Crippen molar-refractivity contribution in [1.82, 2.24) is 15.2 Å². The fraction of sp³-hybridized carbons (Fsp3) is 0.615. The lowest BCUT2D eigenvalue weighted by atomic mass is 10.1. The monoisotopic (exact) mass is 236 g/mol. The van der Waals surface area contributed by atoms with E-state index in [0.29, 0.717) is 12.0 Å². The van der Waals surface area contributed by atoms with E-state index in [0.717, 1.165) is 12.5 Å². The van der Waals surface area contributed by atoms with E-state index >= 15 is 0 Å². The van der Waals surface area contributed by atoms with Crippen LogP contribution in [0.5, 0.6) is 0 Å². The molecule has 0 aromatic carbocycles. The van der Waals surface area contributed by atoms with Gasteiger partial charge in [0, 0.05) is 32.0 Å². The Labute approximate surface area is 104 Å². The number of aryl methyl sites for hydroxylation is 1. The van der Waals surface area contributed by atoms with E-state index in [4.69, 9.17) is 0 Å². The van der Waals surface area contributed by atoms with Crippen LogP contribution in [0.15, 0.2) is 23.3 Å². The Hall–Kier alpha value is -1.45. The minimum atomic E-state index is 0.412. The molecule has 0 aliphatic carbocycles. The highest BCUT2D eigenvalue weighted by Crippen LogP contribution is 2.00. The lowest BCUT2D eigenvalue weighted by Gasteiger charge is -2.20. The molecular weight excluding hydrogens is 212 g/mol. The molecule has 0 radical (unpaired) electrons. The molecule has 1 aromatic heterocycles. The van der Waals surface area contributed by atoms with Crippen LogP contribution in [0.2, 0.25) is 0 Å². The van der Waals surface area contributed by atoms with Crippen LogP contribution in [-0.2, 0) is 13.6 Å².